The molecule has 5 nitrogen and oxygen atoms in total. The van der Waals surface area contributed by atoms with E-state index < -0.39 is 5.72 Å². The van der Waals surface area contributed by atoms with Crippen LogP contribution in [0.4, 0.5) is 0 Å². The summed E-state index contributed by atoms with van der Waals surface area (Å²) in [5, 5.41) is 12.9. The van der Waals surface area contributed by atoms with Gasteiger partial charge in [0, 0.05) is 25.2 Å². The van der Waals surface area contributed by atoms with Crippen LogP contribution in [0.5, 0.6) is 11.5 Å². The van der Waals surface area contributed by atoms with Crippen LogP contribution in [-0.2, 0) is 4.79 Å². The lowest BCUT2D eigenvalue weighted by Crippen LogP contribution is -2.64. The molecule has 4 rings (SSSR count). The number of aromatic hydroxyl groups is 1. The molecule has 0 bridgehead atoms. The first kappa shape index (κ1) is 14.8. The number of phenols is 1. The number of benzene rings is 1. The second-order valence-corrected chi connectivity index (χ2v) is 7.14. The Bertz CT molecular complexity index is 625. The molecule has 3 aliphatic rings. The standard InChI is InChI=1S/C18H24N2O3/c1-12-6-9-20(10-7-12)18-15(3-2-8-19-17(18)22)14-11-13(21)4-5-16(14)23-18/h4-5,11-12,15,21H,2-3,6-10H2,1H3,(H,19,22)/t15-,18+/m0/s1. The number of hydrogen-bond acceptors (Lipinski definition) is 4. The van der Waals surface area contributed by atoms with Crippen LogP contribution in [-0.4, -0.2) is 41.3 Å². The van der Waals surface area contributed by atoms with E-state index in [0.29, 0.717) is 12.5 Å². The van der Waals surface area contributed by atoms with E-state index in [0.717, 1.165) is 50.1 Å². The van der Waals surface area contributed by atoms with Crippen molar-refractivity contribution in [2.45, 2.75) is 44.2 Å². The van der Waals surface area contributed by atoms with Gasteiger partial charge in [0.1, 0.15) is 11.5 Å². The molecule has 1 aromatic rings. The van der Waals surface area contributed by atoms with Crippen molar-refractivity contribution in [3.05, 3.63) is 23.8 Å². The Kier molecular flexibility index (Phi) is 3.48. The Hall–Kier alpha value is -1.75. The monoisotopic (exact) mass is 316 g/mol. The molecule has 3 aliphatic heterocycles. The van der Waals surface area contributed by atoms with E-state index in [-0.39, 0.29) is 17.6 Å². The molecule has 0 radical (unpaired) electrons. The average Bonchev–Trinajstić information content (AvgIpc) is 2.77. The minimum atomic E-state index is -0.938. The van der Waals surface area contributed by atoms with Gasteiger partial charge < -0.3 is 15.2 Å². The number of piperidine rings is 1. The third kappa shape index (κ3) is 2.21. The van der Waals surface area contributed by atoms with Crippen molar-refractivity contribution in [3.63, 3.8) is 0 Å². The molecule has 0 aromatic heterocycles. The number of carbonyl (C=O) groups is 1. The highest BCUT2D eigenvalue weighted by atomic mass is 16.5. The number of amides is 1. The van der Waals surface area contributed by atoms with Gasteiger partial charge in [-0.05, 0) is 49.8 Å². The zero-order valence-corrected chi connectivity index (χ0v) is 13.5. The highest BCUT2D eigenvalue weighted by Crippen LogP contribution is 2.51. The maximum atomic E-state index is 13.0. The number of hydrogen-bond donors (Lipinski definition) is 2. The number of ether oxygens (including phenoxy) is 1. The molecule has 0 unspecified atom stereocenters. The highest BCUT2D eigenvalue weighted by Gasteiger charge is 2.58. The summed E-state index contributed by atoms with van der Waals surface area (Å²) in [7, 11) is 0. The first-order valence-electron chi connectivity index (χ1n) is 8.66. The van der Waals surface area contributed by atoms with Gasteiger partial charge in [0.15, 0.2) is 0 Å². The fourth-order valence-electron chi connectivity index (χ4n) is 4.31. The molecule has 2 saturated heterocycles. The number of fused-ring (bicyclic) bond motifs is 3. The predicted octanol–water partition coefficient (Wildman–Crippen LogP) is 2.21. The highest BCUT2D eigenvalue weighted by molar-refractivity contribution is 5.88. The van der Waals surface area contributed by atoms with E-state index in [9.17, 15) is 9.90 Å². The summed E-state index contributed by atoms with van der Waals surface area (Å²) in [5.41, 5.74) is 0.0351. The normalized spacial score (nSPS) is 31.7. The number of nitrogens with one attached hydrogen (secondary N) is 1. The number of rotatable bonds is 1. The molecule has 5 heteroatoms. The van der Waals surface area contributed by atoms with Gasteiger partial charge in [0.2, 0.25) is 5.72 Å². The molecule has 2 atom stereocenters. The maximum absolute atomic E-state index is 13.0. The molecule has 1 aromatic carbocycles. The van der Waals surface area contributed by atoms with Gasteiger partial charge in [-0.3, -0.25) is 9.69 Å². The van der Waals surface area contributed by atoms with Gasteiger partial charge in [0.25, 0.3) is 5.91 Å². The van der Waals surface area contributed by atoms with Crippen molar-refractivity contribution < 1.29 is 14.6 Å². The van der Waals surface area contributed by atoms with Gasteiger partial charge in [-0.25, -0.2) is 0 Å². The topological polar surface area (TPSA) is 61.8 Å². The number of phenolic OH excluding ortho intramolecular Hbond substituents is 1. The molecule has 124 valence electrons. The minimum absolute atomic E-state index is 0.0134. The Morgan fingerprint density at radius 2 is 2.09 bits per heavy atom. The number of carbonyl (C=O) groups excluding carboxylic acids is 1. The van der Waals surface area contributed by atoms with Crippen LogP contribution in [0.15, 0.2) is 18.2 Å². The van der Waals surface area contributed by atoms with E-state index in [1.165, 1.54) is 0 Å². The first-order valence-corrected chi connectivity index (χ1v) is 8.66. The molecule has 0 saturated carbocycles. The van der Waals surface area contributed by atoms with Crippen molar-refractivity contribution in [1.82, 2.24) is 10.2 Å². The van der Waals surface area contributed by atoms with Gasteiger partial charge in [-0.1, -0.05) is 6.92 Å². The summed E-state index contributed by atoms with van der Waals surface area (Å²) in [6, 6.07) is 5.20. The van der Waals surface area contributed by atoms with Crippen LogP contribution >= 0.6 is 0 Å². The molecule has 3 heterocycles. The summed E-state index contributed by atoms with van der Waals surface area (Å²) in [4.78, 5) is 15.2. The number of nitrogens with zero attached hydrogens (tertiary/aromatic N) is 1. The third-order valence-corrected chi connectivity index (χ3v) is 5.64. The summed E-state index contributed by atoms with van der Waals surface area (Å²) in [6.07, 6.45) is 4.00. The van der Waals surface area contributed by atoms with Crippen molar-refractivity contribution in [3.8, 4) is 11.5 Å². The van der Waals surface area contributed by atoms with E-state index in [4.69, 9.17) is 4.74 Å². The Balaban J connectivity index is 1.78. The fraction of sp³-hybridized carbons (Fsp3) is 0.611. The molecule has 1 amide bonds. The van der Waals surface area contributed by atoms with Crippen LogP contribution in [0.2, 0.25) is 0 Å². The number of likely N-dealkylation sites (tertiary alicyclic amines) is 1. The zero-order chi connectivity index (χ0) is 16.0. The third-order valence-electron chi connectivity index (χ3n) is 5.64. The minimum Gasteiger partial charge on any atom is -0.508 e. The lowest BCUT2D eigenvalue weighted by atomic mass is 9.84. The van der Waals surface area contributed by atoms with Crippen LogP contribution in [0.25, 0.3) is 0 Å². The van der Waals surface area contributed by atoms with Crippen LogP contribution in [0.3, 0.4) is 0 Å². The Morgan fingerprint density at radius 3 is 2.87 bits per heavy atom. The molecule has 0 aliphatic carbocycles. The summed E-state index contributed by atoms with van der Waals surface area (Å²) >= 11 is 0. The molecule has 0 spiro atoms. The molecular formula is C18H24N2O3. The SMILES string of the molecule is CC1CCN([C@@]23Oc4ccc(O)cc4[C@@H]2CCCNC3=O)CC1. The second-order valence-electron chi connectivity index (χ2n) is 7.14. The largest absolute Gasteiger partial charge is 0.508 e. The van der Waals surface area contributed by atoms with Gasteiger partial charge in [0.05, 0.1) is 5.92 Å². The van der Waals surface area contributed by atoms with E-state index in [1.807, 2.05) is 0 Å². The van der Waals surface area contributed by atoms with Crippen molar-refractivity contribution in [2.24, 2.45) is 5.92 Å². The van der Waals surface area contributed by atoms with Gasteiger partial charge >= 0.3 is 0 Å². The fourth-order valence-corrected chi connectivity index (χ4v) is 4.31. The van der Waals surface area contributed by atoms with E-state index >= 15 is 0 Å². The summed E-state index contributed by atoms with van der Waals surface area (Å²) < 4.78 is 6.32. The average molecular weight is 316 g/mol. The van der Waals surface area contributed by atoms with E-state index in [2.05, 4.69) is 17.1 Å². The smallest absolute Gasteiger partial charge is 0.280 e. The van der Waals surface area contributed by atoms with Gasteiger partial charge in [-0.15, -0.1) is 0 Å². The van der Waals surface area contributed by atoms with Crippen molar-refractivity contribution in [1.29, 1.82) is 0 Å². The van der Waals surface area contributed by atoms with Crippen molar-refractivity contribution in [2.75, 3.05) is 19.6 Å². The molecule has 2 N–H and O–H groups in total. The molecule has 23 heavy (non-hydrogen) atoms. The van der Waals surface area contributed by atoms with E-state index in [1.54, 1.807) is 18.2 Å². The Labute approximate surface area is 136 Å². The molecule has 2 fully saturated rings. The van der Waals surface area contributed by atoms with Crippen LogP contribution < -0.4 is 10.1 Å². The van der Waals surface area contributed by atoms with Crippen LogP contribution in [0.1, 0.15) is 44.1 Å². The maximum Gasteiger partial charge on any atom is 0.280 e. The van der Waals surface area contributed by atoms with Gasteiger partial charge in [-0.2, -0.15) is 0 Å². The quantitative estimate of drug-likeness (QED) is 0.834. The lowest BCUT2D eigenvalue weighted by molar-refractivity contribution is -0.160. The first-order chi connectivity index (χ1) is 11.1. The second kappa shape index (κ2) is 5.41. The Morgan fingerprint density at radius 1 is 1.30 bits per heavy atom. The molecular weight excluding hydrogens is 292 g/mol. The summed E-state index contributed by atoms with van der Waals surface area (Å²) in [5.74, 6) is 1.64. The summed E-state index contributed by atoms with van der Waals surface area (Å²) in [6.45, 7) is 4.72. The zero-order valence-electron chi connectivity index (χ0n) is 13.5. The predicted molar refractivity (Wildman–Crippen MR) is 86.4 cm³/mol. The van der Waals surface area contributed by atoms with Crippen LogP contribution in [0, 0.1) is 5.92 Å². The lowest BCUT2D eigenvalue weighted by Gasteiger charge is -2.44. The van der Waals surface area contributed by atoms with Crippen molar-refractivity contribution >= 4 is 5.91 Å².